The minimum atomic E-state index is 0.440. The summed E-state index contributed by atoms with van der Waals surface area (Å²) in [6.45, 7) is 3.33. The topological polar surface area (TPSA) is 53.1 Å². The molecule has 4 nitrogen and oxygen atoms in total. The van der Waals surface area contributed by atoms with Crippen LogP contribution in [0, 0.1) is 0 Å². The van der Waals surface area contributed by atoms with E-state index in [9.17, 15) is 0 Å². The van der Waals surface area contributed by atoms with Gasteiger partial charge < -0.3 is 15.0 Å². The molecule has 1 aromatic heterocycles. The maximum absolute atomic E-state index is 5.64. The number of nitrogens with zero attached hydrogens (tertiary/aromatic N) is 2. The second kappa shape index (κ2) is 4.70. The number of aryl methyl sites for hydroxylation is 1. The minimum absolute atomic E-state index is 0.440. The summed E-state index contributed by atoms with van der Waals surface area (Å²) in [6, 6.07) is 9.68. The lowest BCUT2D eigenvalue weighted by Crippen LogP contribution is -2.05. The standard InChI is InChI=1S/C12H15N3O/c1-2-15-8-11(13)14-12(15)9-16-10-6-4-3-5-7-10/h3-8H,2,9,13H2,1H3. The van der Waals surface area contributed by atoms with Crippen LogP contribution in [0.3, 0.4) is 0 Å². The van der Waals surface area contributed by atoms with Crippen LogP contribution in [0.5, 0.6) is 5.75 Å². The highest BCUT2D eigenvalue weighted by molar-refractivity contribution is 5.26. The van der Waals surface area contributed by atoms with Crippen LogP contribution in [0.4, 0.5) is 5.82 Å². The Morgan fingerprint density at radius 1 is 1.31 bits per heavy atom. The van der Waals surface area contributed by atoms with Gasteiger partial charge >= 0.3 is 0 Å². The van der Waals surface area contributed by atoms with E-state index in [0.717, 1.165) is 18.1 Å². The SMILES string of the molecule is CCn1cc(N)nc1COc1ccccc1. The highest BCUT2D eigenvalue weighted by Crippen LogP contribution is 2.12. The summed E-state index contributed by atoms with van der Waals surface area (Å²) in [6.07, 6.45) is 1.82. The summed E-state index contributed by atoms with van der Waals surface area (Å²) >= 11 is 0. The normalized spacial score (nSPS) is 10.3. The Hall–Kier alpha value is -1.97. The van der Waals surface area contributed by atoms with Crippen molar-refractivity contribution in [1.82, 2.24) is 9.55 Å². The molecule has 0 fully saturated rings. The van der Waals surface area contributed by atoms with E-state index in [1.54, 1.807) is 0 Å². The molecule has 0 radical (unpaired) electrons. The fourth-order valence-corrected chi connectivity index (χ4v) is 1.53. The predicted octanol–water partition coefficient (Wildman–Crippen LogP) is 2.06. The molecular weight excluding hydrogens is 202 g/mol. The van der Waals surface area contributed by atoms with Gasteiger partial charge in [-0.2, -0.15) is 0 Å². The second-order valence-corrected chi connectivity index (χ2v) is 3.47. The van der Waals surface area contributed by atoms with Gasteiger partial charge in [-0.1, -0.05) is 18.2 Å². The number of aromatic nitrogens is 2. The predicted molar refractivity (Wildman–Crippen MR) is 63.1 cm³/mol. The van der Waals surface area contributed by atoms with Gasteiger partial charge in [0, 0.05) is 12.7 Å². The molecule has 4 heteroatoms. The first-order valence-electron chi connectivity index (χ1n) is 5.29. The zero-order valence-corrected chi connectivity index (χ0v) is 9.26. The van der Waals surface area contributed by atoms with Gasteiger partial charge in [-0.3, -0.25) is 0 Å². The summed E-state index contributed by atoms with van der Waals surface area (Å²) in [5.74, 6) is 2.23. The summed E-state index contributed by atoms with van der Waals surface area (Å²) in [7, 11) is 0. The maximum Gasteiger partial charge on any atom is 0.149 e. The maximum atomic E-state index is 5.64. The van der Waals surface area contributed by atoms with Crippen LogP contribution in [-0.2, 0) is 13.2 Å². The molecule has 0 saturated heterocycles. The van der Waals surface area contributed by atoms with Crippen molar-refractivity contribution in [1.29, 1.82) is 0 Å². The first-order chi connectivity index (χ1) is 7.79. The number of nitrogens with two attached hydrogens (primary N) is 1. The Labute approximate surface area is 94.7 Å². The lowest BCUT2D eigenvalue weighted by atomic mass is 10.3. The first kappa shape index (κ1) is 10.5. The van der Waals surface area contributed by atoms with Crippen LogP contribution < -0.4 is 10.5 Å². The number of imidazole rings is 1. The monoisotopic (exact) mass is 217 g/mol. The summed E-state index contributed by atoms with van der Waals surface area (Å²) in [5.41, 5.74) is 5.64. The van der Waals surface area contributed by atoms with Gasteiger partial charge in [-0.25, -0.2) is 4.98 Å². The van der Waals surface area contributed by atoms with Crippen LogP contribution in [0.15, 0.2) is 36.5 Å². The van der Waals surface area contributed by atoms with Crippen molar-refractivity contribution in [2.75, 3.05) is 5.73 Å². The molecular formula is C12H15N3O. The molecule has 0 spiro atoms. The third-order valence-electron chi connectivity index (χ3n) is 2.33. The van der Waals surface area contributed by atoms with Gasteiger partial charge in [0.1, 0.15) is 24.0 Å². The highest BCUT2D eigenvalue weighted by atomic mass is 16.5. The van der Waals surface area contributed by atoms with Crippen LogP contribution in [0.2, 0.25) is 0 Å². The van der Waals surface area contributed by atoms with Crippen molar-refractivity contribution in [3.05, 3.63) is 42.4 Å². The Bertz CT molecular complexity index is 451. The molecule has 1 heterocycles. The summed E-state index contributed by atoms with van der Waals surface area (Å²) in [4.78, 5) is 4.21. The van der Waals surface area contributed by atoms with Gasteiger partial charge in [0.25, 0.3) is 0 Å². The van der Waals surface area contributed by atoms with E-state index in [4.69, 9.17) is 10.5 Å². The molecule has 2 aromatic rings. The number of ether oxygens (including phenoxy) is 1. The van der Waals surface area contributed by atoms with Crippen LogP contribution in [0.1, 0.15) is 12.7 Å². The molecule has 0 saturated carbocycles. The first-order valence-corrected chi connectivity index (χ1v) is 5.29. The van der Waals surface area contributed by atoms with Crippen molar-refractivity contribution >= 4 is 5.82 Å². The minimum Gasteiger partial charge on any atom is -0.486 e. The Balaban J connectivity index is 2.04. The van der Waals surface area contributed by atoms with Gasteiger partial charge in [-0.05, 0) is 19.1 Å². The van der Waals surface area contributed by atoms with Crippen molar-refractivity contribution in [2.45, 2.75) is 20.1 Å². The zero-order valence-electron chi connectivity index (χ0n) is 9.26. The fraction of sp³-hybridized carbons (Fsp3) is 0.250. The fourth-order valence-electron chi connectivity index (χ4n) is 1.53. The number of benzene rings is 1. The van der Waals surface area contributed by atoms with Gasteiger partial charge in [0.15, 0.2) is 0 Å². The Kier molecular flexibility index (Phi) is 3.10. The van der Waals surface area contributed by atoms with Crippen molar-refractivity contribution in [2.24, 2.45) is 0 Å². The third-order valence-corrected chi connectivity index (χ3v) is 2.33. The highest BCUT2D eigenvalue weighted by Gasteiger charge is 2.05. The number of nitrogen functional groups attached to an aromatic ring is 1. The van der Waals surface area contributed by atoms with E-state index in [1.165, 1.54) is 0 Å². The van der Waals surface area contributed by atoms with Gasteiger partial charge in [0.05, 0.1) is 0 Å². The van der Waals surface area contributed by atoms with Crippen molar-refractivity contribution in [3.63, 3.8) is 0 Å². The lowest BCUT2D eigenvalue weighted by Gasteiger charge is -2.06. The van der Waals surface area contributed by atoms with Crippen molar-refractivity contribution in [3.8, 4) is 5.75 Å². The Morgan fingerprint density at radius 3 is 2.75 bits per heavy atom. The smallest absolute Gasteiger partial charge is 0.149 e. The van der Waals surface area contributed by atoms with Gasteiger partial charge in [-0.15, -0.1) is 0 Å². The third kappa shape index (κ3) is 2.34. The van der Waals surface area contributed by atoms with E-state index in [-0.39, 0.29) is 0 Å². The van der Waals surface area contributed by atoms with Crippen LogP contribution in [-0.4, -0.2) is 9.55 Å². The Morgan fingerprint density at radius 2 is 2.06 bits per heavy atom. The molecule has 2 N–H and O–H groups in total. The largest absolute Gasteiger partial charge is 0.486 e. The van der Waals surface area contributed by atoms with Gasteiger partial charge in [0.2, 0.25) is 0 Å². The van der Waals surface area contributed by atoms with Crippen LogP contribution in [0.25, 0.3) is 0 Å². The quantitative estimate of drug-likeness (QED) is 0.852. The van der Waals surface area contributed by atoms with Crippen molar-refractivity contribution < 1.29 is 4.74 Å². The molecule has 84 valence electrons. The molecule has 16 heavy (non-hydrogen) atoms. The second-order valence-electron chi connectivity index (χ2n) is 3.47. The zero-order chi connectivity index (χ0) is 11.4. The average Bonchev–Trinajstić information content (AvgIpc) is 2.68. The molecule has 0 atom stereocenters. The average molecular weight is 217 g/mol. The molecule has 2 rings (SSSR count). The molecule has 1 aromatic carbocycles. The van der Waals surface area contributed by atoms with E-state index < -0.39 is 0 Å². The summed E-state index contributed by atoms with van der Waals surface area (Å²) in [5, 5.41) is 0. The molecule has 0 unspecified atom stereocenters. The van der Waals surface area contributed by atoms with E-state index in [1.807, 2.05) is 48.0 Å². The number of hydrogen-bond acceptors (Lipinski definition) is 3. The van der Waals surface area contributed by atoms with E-state index >= 15 is 0 Å². The number of hydrogen-bond donors (Lipinski definition) is 1. The molecule has 0 amide bonds. The number of para-hydroxylation sites is 1. The molecule has 0 bridgehead atoms. The summed E-state index contributed by atoms with van der Waals surface area (Å²) < 4.78 is 7.59. The number of rotatable bonds is 4. The lowest BCUT2D eigenvalue weighted by molar-refractivity contribution is 0.290. The van der Waals surface area contributed by atoms with E-state index in [0.29, 0.717) is 12.4 Å². The number of anilines is 1. The van der Waals surface area contributed by atoms with Crippen LogP contribution >= 0.6 is 0 Å². The molecule has 0 aliphatic rings. The molecule has 0 aliphatic heterocycles. The molecule has 0 aliphatic carbocycles. The van der Waals surface area contributed by atoms with E-state index in [2.05, 4.69) is 4.98 Å².